The number of ether oxygens (including phenoxy) is 1. The minimum atomic E-state index is -0.294. The second-order valence-electron chi connectivity index (χ2n) is 5.38. The average Bonchev–Trinajstić information content (AvgIpc) is 2.43. The number of benzene rings is 1. The lowest BCUT2D eigenvalue weighted by molar-refractivity contribution is 0.123. The van der Waals surface area contributed by atoms with Gasteiger partial charge in [-0.1, -0.05) is 17.7 Å². The highest BCUT2D eigenvalue weighted by Gasteiger charge is 2.22. The summed E-state index contributed by atoms with van der Waals surface area (Å²) in [6.07, 6.45) is 5.91. The zero-order valence-corrected chi connectivity index (χ0v) is 12.3. The van der Waals surface area contributed by atoms with Crippen molar-refractivity contribution in [1.29, 1.82) is 0 Å². The third-order valence-corrected chi connectivity index (χ3v) is 4.44. The SMILES string of the molecule is CCOCCC1CCC(c2ccc(Cl)c(F)c2)CC1. The minimum Gasteiger partial charge on any atom is -0.382 e. The summed E-state index contributed by atoms with van der Waals surface area (Å²) >= 11 is 5.72. The maximum Gasteiger partial charge on any atom is 0.142 e. The molecule has 0 spiro atoms. The van der Waals surface area contributed by atoms with Crippen LogP contribution in [0.1, 0.15) is 50.5 Å². The summed E-state index contributed by atoms with van der Waals surface area (Å²) < 4.78 is 18.9. The quantitative estimate of drug-likeness (QED) is 0.677. The Balaban J connectivity index is 1.84. The van der Waals surface area contributed by atoms with Crippen molar-refractivity contribution in [2.75, 3.05) is 13.2 Å². The Morgan fingerprint density at radius 3 is 2.63 bits per heavy atom. The van der Waals surface area contributed by atoms with Gasteiger partial charge in [0.05, 0.1) is 5.02 Å². The maximum atomic E-state index is 13.5. The smallest absolute Gasteiger partial charge is 0.142 e. The van der Waals surface area contributed by atoms with Crippen LogP contribution >= 0.6 is 11.6 Å². The van der Waals surface area contributed by atoms with E-state index < -0.39 is 0 Å². The van der Waals surface area contributed by atoms with Gasteiger partial charge in [-0.2, -0.15) is 0 Å². The lowest BCUT2D eigenvalue weighted by atomic mass is 9.78. The molecule has 19 heavy (non-hydrogen) atoms. The van der Waals surface area contributed by atoms with Gasteiger partial charge in [-0.15, -0.1) is 0 Å². The van der Waals surface area contributed by atoms with Gasteiger partial charge in [-0.05, 0) is 68.6 Å². The fraction of sp³-hybridized carbons (Fsp3) is 0.625. The van der Waals surface area contributed by atoms with E-state index in [-0.39, 0.29) is 10.8 Å². The monoisotopic (exact) mass is 284 g/mol. The van der Waals surface area contributed by atoms with Gasteiger partial charge >= 0.3 is 0 Å². The first-order valence-electron chi connectivity index (χ1n) is 7.23. The first-order valence-corrected chi connectivity index (χ1v) is 7.61. The molecule has 2 rings (SSSR count). The number of rotatable bonds is 5. The number of halogens is 2. The van der Waals surface area contributed by atoms with Crippen molar-refractivity contribution in [3.8, 4) is 0 Å². The summed E-state index contributed by atoms with van der Waals surface area (Å²) in [6, 6.07) is 5.25. The van der Waals surface area contributed by atoms with E-state index in [9.17, 15) is 4.39 Å². The number of hydrogen-bond donors (Lipinski definition) is 0. The Morgan fingerprint density at radius 2 is 2.00 bits per heavy atom. The molecule has 0 aromatic heterocycles. The van der Waals surface area contributed by atoms with Gasteiger partial charge < -0.3 is 4.74 Å². The van der Waals surface area contributed by atoms with Crippen molar-refractivity contribution in [1.82, 2.24) is 0 Å². The van der Waals surface area contributed by atoms with Gasteiger partial charge in [-0.25, -0.2) is 4.39 Å². The Kier molecular flexibility index (Phi) is 5.65. The van der Waals surface area contributed by atoms with Crippen molar-refractivity contribution in [2.45, 2.75) is 44.9 Å². The van der Waals surface area contributed by atoms with Crippen LogP contribution in [-0.2, 0) is 4.74 Å². The predicted octanol–water partition coefficient (Wildman–Crippen LogP) is 5.18. The molecule has 0 N–H and O–H groups in total. The second kappa shape index (κ2) is 7.25. The minimum absolute atomic E-state index is 0.217. The Bertz CT molecular complexity index is 400. The van der Waals surface area contributed by atoms with Crippen molar-refractivity contribution >= 4 is 11.6 Å². The molecule has 1 aromatic carbocycles. The molecule has 1 aliphatic carbocycles. The van der Waals surface area contributed by atoms with Crippen LogP contribution in [-0.4, -0.2) is 13.2 Å². The average molecular weight is 285 g/mol. The van der Waals surface area contributed by atoms with Crippen molar-refractivity contribution in [3.05, 3.63) is 34.6 Å². The molecule has 1 aromatic rings. The molecule has 0 bridgehead atoms. The summed E-state index contributed by atoms with van der Waals surface area (Å²) in [7, 11) is 0. The molecule has 1 nitrogen and oxygen atoms in total. The van der Waals surface area contributed by atoms with Gasteiger partial charge in [0.2, 0.25) is 0 Å². The van der Waals surface area contributed by atoms with E-state index in [1.807, 2.05) is 13.0 Å². The highest BCUT2D eigenvalue weighted by atomic mass is 35.5. The fourth-order valence-corrected chi connectivity index (χ4v) is 3.06. The van der Waals surface area contributed by atoms with Crippen LogP contribution in [0.15, 0.2) is 18.2 Å². The van der Waals surface area contributed by atoms with E-state index in [4.69, 9.17) is 16.3 Å². The van der Waals surface area contributed by atoms with Gasteiger partial charge in [0.1, 0.15) is 5.82 Å². The fourth-order valence-electron chi connectivity index (χ4n) is 2.95. The summed E-state index contributed by atoms with van der Waals surface area (Å²) in [5.74, 6) is 0.979. The highest BCUT2D eigenvalue weighted by Crippen LogP contribution is 2.37. The van der Waals surface area contributed by atoms with Crippen LogP contribution in [0.5, 0.6) is 0 Å². The predicted molar refractivity (Wildman–Crippen MR) is 77.2 cm³/mol. The molecule has 1 aliphatic rings. The van der Waals surface area contributed by atoms with E-state index in [2.05, 4.69) is 0 Å². The molecule has 0 radical (unpaired) electrons. The van der Waals surface area contributed by atoms with Crippen LogP contribution in [0.3, 0.4) is 0 Å². The largest absolute Gasteiger partial charge is 0.382 e. The third-order valence-electron chi connectivity index (χ3n) is 4.14. The topological polar surface area (TPSA) is 9.23 Å². The number of hydrogen-bond acceptors (Lipinski definition) is 1. The first kappa shape index (κ1) is 14.8. The van der Waals surface area contributed by atoms with Crippen molar-refractivity contribution in [3.63, 3.8) is 0 Å². The maximum absolute atomic E-state index is 13.5. The molecule has 0 atom stereocenters. The summed E-state index contributed by atoms with van der Waals surface area (Å²) in [6.45, 7) is 3.72. The molecule has 0 unspecified atom stereocenters. The van der Waals surface area contributed by atoms with Crippen LogP contribution < -0.4 is 0 Å². The Labute approximate surface area is 120 Å². The van der Waals surface area contributed by atoms with E-state index in [0.29, 0.717) is 5.92 Å². The molecular formula is C16H22ClFO. The Morgan fingerprint density at radius 1 is 1.26 bits per heavy atom. The Hall–Kier alpha value is -0.600. The van der Waals surface area contributed by atoms with Gasteiger partial charge in [0, 0.05) is 13.2 Å². The van der Waals surface area contributed by atoms with Gasteiger partial charge in [0.15, 0.2) is 0 Å². The van der Waals surface area contributed by atoms with E-state index in [1.54, 1.807) is 12.1 Å². The van der Waals surface area contributed by atoms with Crippen molar-refractivity contribution in [2.24, 2.45) is 5.92 Å². The summed E-state index contributed by atoms with van der Waals surface area (Å²) in [4.78, 5) is 0. The van der Waals surface area contributed by atoms with E-state index in [0.717, 1.165) is 44.0 Å². The highest BCUT2D eigenvalue weighted by molar-refractivity contribution is 6.30. The third kappa shape index (κ3) is 4.19. The molecular weight excluding hydrogens is 263 g/mol. The molecule has 3 heteroatoms. The van der Waals surface area contributed by atoms with Gasteiger partial charge in [0.25, 0.3) is 0 Å². The van der Waals surface area contributed by atoms with E-state index >= 15 is 0 Å². The molecule has 1 saturated carbocycles. The lowest BCUT2D eigenvalue weighted by Crippen LogP contribution is -2.15. The normalized spacial score (nSPS) is 23.5. The van der Waals surface area contributed by atoms with Crippen LogP contribution in [0.4, 0.5) is 4.39 Å². The van der Waals surface area contributed by atoms with Crippen LogP contribution in [0.25, 0.3) is 0 Å². The second-order valence-corrected chi connectivity index (χ2v) is 5.78. The van der Waals surface area contributed by atoms with Gasteiger partial charge in [-0.3, -0.25) is 0 Å². The van der Waals surface area contributed by atoms with E-state index in [1.165, 1.54) is 12.8 Å². The molecule has 1 fully saturated rings. The lowest BCUT2D eigenvalue weighted by Gasteiger charge is -2.28. The summed E-state index contributed by atoms with van der Waals surface area (Å²) in [5.41, 5.74) is 1.10. The molecule has 0 amide bonds. The van der Waals surface area contributed by atoms with Crippen molar-refractivity contribution < 1.29 is 9.13 Å². The first-order chi connectivity index (χ1) is 9.20. The zero-order chi connectivity index (χ0) is 13.7. The molecule has 106 valence electrons. The zero-order valence-electron chi connectivity index (χ0n) is 11.5. The molecule has 0 heterocycles. The standard InChI is InChI=1S/C16H22ClFO/c1-2-19-10-9-12-3-5-13(6-4-12)14-7-8-15(17)16(18)11-14/h7-8,11-13H,2-6,9-10H2,1H3. The molecule has 0 aliphatic heterocycles. The van der Waals surface area contributed by atoms with Crippen LogP contribution in [0.2, 0.25) is 5.02 Å². The molecule has 0 saturated heterocycles. The van der Waals surface area contributed by atoms with Crippen LogP contribution in [0, 0.1) is 11.7 Å². The summed E-state index contributed by atoms with van der Waals surface area (Å²) in [5, 5.41) is 0.217.